The van der Waals surface area contributed by atoms with Crippen LogP contribution in [0.3, 0.4) is 0 Å². The Morgan fingerprint density at radius 2 is 0.758 bits per heavy atom. The molecule has 2 saturated heterocycles. The molecule has 1 spiro atoms. The van der Waals surface area contributed by atoms with Gasteiger partial charge in [-0.25, -0.2) is 0 Å². The molecule has 0 radical (unpaired) electrons. The lowest BCUT2D eigenvalue weighted by atomic mass is 9.71. The molecule has 196 valence electrons. The lowest BCUT2D eigenvalue weighted by Crippen LogP contribution is -2.72. The molecule has 0 aromatic carbocycles. The first-order chi connectivity index (χ1) is 16.1. The van der Waals surface area contributed by atoms with Gasteiger partial charge in [0.25, 0.3) is 0 Å². The molecule has 0 atom stereocenters. The van der Waals surface area contributed by atoms with E-state index in [-0.39, 0.29) is 0 Å². The van der Waals surface area contributed by atoms with E-state index in [2.05, 4.69) is 37.5 Å². The fourth-order valence-corrected chi connectivity index (χ4v) is 6.73. The zero-order valence-corrected chi connectivity index (χ0v) is 23.5. The van der Waals surface area contributed by atoms with Crippen molar-refractivity contribution in [3.8, 4) is 0 Å². The van der Waals surface area contributed by atoms with Crippen molar-refractivity contribution in [2.45, 2.75) is 143 Å². The van der Waals surface area contributed by atoms with Crippen LogP contribution >= 0.6 is 0 Å². The fourth-order valence-electron chi connectivity index (χ4n) is 6.73. The Balaban J connectivity index is 1.66. The molecule has 2 heteroatoms. The molecule has 0 unspecified atom stereocenters. The Morgan fingerprint density at radius 3 is 1.09 bits per heavy atom. The number of unbranched alkanes of at least 4 members (excludes halogenated alkanes) is 10. The Bertz CT molecular complexity index is 426. The van der Waals surface area contributed by atoms with Crippen molar-refractivity contribution < 1.29 is 0 Å². The normalized spacial score (nSPS) is 18.4. The second-order valence-electron chi connectivity index (χ2n) is 12.3. The second-order valence-corrected chi connectivity index (χ2v) is 12.3. The van der Waals surface area contributed by atoms with Crippen molar-refractivity contribution in [3.63, 3.8) is 0 Å². The highest BCUT2D eigenvalue weighted by Gasteiger charge is 2.51. The lowest BCUT2D eigenvalue weighted by molar-refractivity contribution is -0.123. The fraction of sp³-hybridized carbons (Fsp3) is 1.00. The van der Waals surface area contributed by atoms with Gasteiger partial charge in [0.15, 0.2) is 0 Å². The van der Waals surface area contributed by atoms with Crippen LogP contribution in [0.1, 0.15) is 143 Å². The summed E-state index contributed by atoms with van der Waals surface area (Å²) in [5.74, 6) is 1.93. The molecule has 0 amide bonds. The summed E-state index contributed by atoms with van der Waals surface area (Å²) in [4.78, 5) is 5.66. The molecule has 2 fully saturated rings. The van der Waals surface area contributed by atoms with E-state index in [1.54, 1.807) is 0 Å². The van der Waals surface area contributed by atoms with Crippen LogP contribution in [-0.2, 0) is 0 Å². The van der Waals surface area contributed by atoms with Gasteiger partial charge in [-0.3, -0.25) is 0 Å². The summed E-state index contributed by atoms with van der Waals surface area (Å²) >= 11 is 0. The van der Waals surface area contributed by atoms with E-state index >= 15 is 0 Å². The lowest BCUT2D eigenvalue weighted by Gasteiger charge is -2.61. The van der Waals surface area contributed by atoms with Crippen molar-refractivity contribution in [2.75, 3.05) is 39.3 Å². The quantitative estimate of drug-likeness (QED) is 0.148. The number of hydrogen-bond acceptors (Lipinski definition) is 2. The summed E-state index contributed by atoms with van der Waals surface area (Å²) in [6, 6.07) is 0. The Morgan fingerprint density at radius 1 is 0.455 bits per heavy atom. The summed E-state index contributed by atoms with van der Waals surface area (Å²) in [7, 11) is 0. The molecule has 0 aromatic rings. The third kappa shape index (κ3) is 11.5. The molecule has 2 aliphatic rings. The molecule has 0 bridgehead atoms. The zero-order chi connectivity index (χ0) is 23.8. The summed E-state index contributed by atoms with van der Waals surface area (Å²) < 4.78 is 0. The molecule has 33 heavy (non-hydrogen) atoms. The van der Waals surface area contributed by atoms with Crippen LogP contribution in [0, 0.1) is 17.3 Å². The van der Waals surface area contributed by atoms with E-state index in [0.29, 0.717) is 5.41 Å². The van der Waals surface area contributed by atoms with E-state index in [0.717, 1.165) is 11.8 Å². The molecule has 2 heterocycles. The van der Waals surface area contributed by atoms with Gasteiger partial charge in [0.05, 0.1) is 0 Å². The van der Waals surface area contributed by atoms with Crippen LogP contribution in [0.2, 0.25) is 0 Å². The number of nitrogens with zero attached hydrogens (tertiary/aromatic N) is 2. The smallest absolute Gasteiger partial charge is 0.0212 e. The minimum atomic E-state index is 0.687. The summed E-state index contributed by atoms with van der Waals surface area (Å²) in [5, 5.41) is 0. The van der Waals surface area contributed by atoms with E-state index in [1.165, 1.54) is 155 Å². The van der Waals surface area contributed by atoms with Crippen molar-refractivity contribution in [2.24, 2.45) is 17.3 Å². The maximum atomic E-state index is 2.83. The van der Waals surface area contributed by atoms with Gasteiger partial charge in [0.1, 0.15) is 0 Å². The number of likely N-dealkylation sites (tertiary alicyclic amines) is 2. The predicted molar refractivity (Wildman–Crippen MR) is 148 cm³/mol. The molecule has 0 N–H and O–H groups in total. The minimum Gasteiger partial charge on any atom is -0.302 e. The zero-order valence-electron chi connectivity index (χ0n) is 23.5. The first-order valence-corrected chi connectivity index (χ1v) is 15.6. The average Bonchev–Trinajstić information content (AvgIpc) is 2.76. The Labute approximate surface area is 209 Å². The summed E-state index contributed by atoms with van der Waals surface area (Å²) in [6.07, 6.45) is 25.9. The van der Waals surface area contributed by atoms with Crippen LogP contribution in [0.25, 0.3) is 0 Å². The third-order valence-corrected chi connectivity index (χ3v) is 8.63. The van der Waals surface area contributed by atoms with Crippen molar-refractivity contribution in [1.82, 2.24) is 9.80 Å². The van der Waals surface area contributed by atoms with Crippen LogP contribution in [-0.4, -0.2) is 49.1 Å². The second kappa shape index (κ2) is 17.4. The standard InChI is InChI=1S/C31H62N2/c1-5-9-13-17-21-30(22-18-14-10-6-2)24-33-27-31(28-33)25-32(26-31)23-29(19-15-11-7-3)20-16-12-8-4/h29-30H,5-28H2,1-4H3. The monoisotopic (exact) mass is 462 g/mol. The highest BCUT2D eigenvalue weighted by atomic mass is 15.3. The van der Waals surface area contributed by atoms with E-state index in [1.807, 2.05) is 0 Å². The van der Waals surface area contributed by atoms with Crippen LogP contribution in [0.5, 0.6) is 0 Å². The molecule has 0 aromatic heterocycles. The highest BCUT2D eigenvalue weighted by molar-refractivity contribution is 5.06. The van der Waals surface area contributed by atoms with Gasteiger partial charge in [0.2, 0.25) is 0 Å². The highest BCUT2D eigenvalue weighted by Crippen LogP contribution is 2.41. The van der Waals surface area contributed by atoms with E-state index < -0.39 is 0 Å². The maximum Gasteiger partial charge on any atom is 0.0212 e. The third-order valence-electron chi connectivity index (χ3n) is 8.63. The van der Waals surface area contributed by atoms with Crippen LogP contribution < -0.4 is 0 Å². The average molecular weight is 463 g/mol. The maximum absolute atomic E-state index is 2.83. The molecule has 0 saturated carbocycles. The molecular formula is C31H62N2. The molecule has 2 aliphatic heterocycles. The first kappa shape index (κ1) is 29.2. The van der Waals surface area contributed by atoms with Crippen molar-refractivity contribution >= 4 is 0 Å². The van der Waals surface area contributed by atoms with Crippen molar-refractivity contribution in [3.05, 3.63) is 0 Å². The Kier molecular flexibility index (Phi) is 15.3. The minimum absolute atomic E-state index is 0.687. The van der Waals surface area contributed by atoms with Gasteiger partial charge in [-0.05, 0) is 37.5 Å². The SMILES string of the molecule is CCCCCCC(CCCCCC)CN1CC2(CN(CC(CCCCC)CCCCC)C2)C1. The van der Waals surface area contributed by atoms with Crippen LogP contribution in [0.4, 0.5) is 0 Å². The van der Waals surface area contributed by atoms with Gasteiger partial charge < -0.3 is 9.80 Å². The Hall–Kier alpha value is -0.0800. The first-order valence-electron chi connectivity index (χ1n) is 15.6. The molecular weight excluding hydrogens is 400 g/mol. The van der Waals surface area contributed by atoms with Gasteiger partial charge in [-0.1, -0.05) is 118 Å². The van der Waals surface area contributed by atoms with E-state index in [9.17, 15) is 0 Å². The van der Waals surface area contributed by atoms with Crippen molar-refractivity contribution in [1.29, 1.82) is 0 Å². The molecule has 2 nitrogen and oxygen atoms in total. The summed E-state index contributed by atoms with van der Waals surface area (Å²) in [5.41, 5.74) is 0.687. The largest absolute Gasteiger partial charge is 0.302 e. The van der Waals surface area contributed by atoms with Gasteiger partial charge in [0, 0.05) is 44.7 Å². The van der Waals surface area contributed by atoms with Gasteiger partial charge in [-0.15, -0.1) is 0 Å². The number of hydrogen-bond donors (Lipinski definition) is 0. The molecule has 0 aliphatic carbocycles. The van der Waals surface area contributed by atoms with Gasteiger partial charge in [-0.2, -0.15) is 0 Å². The predicted octanol–water partition coefficient (Wildman–Crippen LogP) is 8.94. The topological polar surface area (TPSA) is 6.48 Å². The molecule has 2 rings (SSSR count). The van der Waals surface area contributed by atoms with E-state index in [4.69, 9.17) is 0 Å². The van der Waals surface area contributed by atoms with Gasteiger partial charge >= 0.3 is 0 Å². The van der Waals surface area contributed by atoms with Crippen LogP contribution in [0.15, 0.2) is 0 Å². The summed E-state index contributed by atoms with van der Waals surface area (Å²) in [6.45, 7) is 17.8. The number of rotatable bonds is 22.